The molecule has 0 aliphatic rings. The molecule has 2 N–H and O–H groups in total. The molecule has 24 heavy (non-hydrogen) atoms. The van der Waals surface area contributed by atoms with Gasteiger partial charge < -0.3 is 19.7 Å². The quantitative estimate of drug-likeness (QED) is 0.713. The number of hydrogen-bond acceptors (Lipinski definition) is 5. The summed E-state index contributed by atoms with van der Waals surface area (Å²) >= 11 is 4.30. The van der Waals surface area contributed by atoms with Gasteiger partial charge in [0.1, 0.15) is 5.75 Å². The monoisotopic (exact) mass is 412 g/mol. The molecule has 2 aromatic rings. The lowest BCUT2D eigenvalue weighted by Crippen LogP contribution is -2.11. The van der Waals surface area contributed by atoms with Crippen LogP contribution in [0.5, 0.6) is 11.5 Å². The van der Waals surface area contributed by atoms with E-state index in [4.69, 9.17) is 14.6 Å². The molecule has 0 radical (unpaired) electrons. The largest absolute Gasteiger partial charge is 0.496 e. The van der Waals surface area contributed by atoms with Crippen LogP contribution in [0, 0.1) is 0 Å². The van der Waals surface area contributed by atoms with Gasteiger partial charge in [0.05, 0.1) is 16.5 Å². The fraction of sp³-hybridized carbons (Fsp3) is 0.125. The molecule has 0 atom stereocenters. The van der Waals surface area contributed by atoms with Gasteiger partial charge in [-0.25, -0.2) is 9.59 Å². The summed E-state index contributed by atoms with van der Waals surface area (Å²) in [5.74, 6) is -1.74. The SMILES string of the molecule is C=Cc1cc(-c2sc(C(=O)O)c(OCC(=O)O)c2Br)ccc1OC. The van der Waals surface area contributed by atoms with Gasteiger partial charge in [0, 0.05) is 5.56 Å². The number of ether oxygens (including phenoxy) is 2. The first-order chi connectivity index (χ1) is 11.4. The first-order valence-corrected chi connectivity index (χ1v) is 8.21. The number of methoxy groups -OCH3 is 1. The fourth-order valence-electron chi connectivity index (χ4n) is 2.02. The molecule has 0 spiro atoms. The lowest BCUT2D eigenvalue weighted by molar-refractivity contribution is -0.139. The van der Waals surface area contributed by atoms with Crippen molar-refractivity contribution < 1.29 is 29.3 Å². The molecule has 1 heterocycles. The Hall–Kier alpha value is -2.32. The van der Waals surface area contributed by atoms with Crippen LogP contribution in [0.1, 0.15) is 15.2 Å². The zero-order chi connectivity index (χ0) is 17.9. The number of hydrogen-bond donors (Lipinski definition) is 2. The van der Waals surface area contributed by atoms with Crippen molar-refractivity contribution >= 4 is 45.3 Å². The first-order valence-electron chi connectivity index (χ1n) is 6.60. The van der Waals surface area contributed by atoms with E-state index in [1.807, 2.05) is 0 Å². The van der Waals surface area contributed by atoms with Gasteiger partial charge >= 0.3 is 11.9 Å². The lowest BCUT2D eigenvalue weighted by atomic mass is 10.1. The third kappa shape index (κ3) is 3.60. The zero-order valence-corrected chi connectivity index (χ0v) is 14.9. The molecule has 2 rings (SSSR count). The van der Waals surface area contributed by atoms with E-state index in [0.29, 0.717) is 15.1 Å². The minimum atomic E-state index is -1.19. The molecular weight excluding hydrogens is 400 g/mol. The predicted octanol–water partition coefficient (Wildman–Crippen LogP) is 3.99. The van der Waals surface area contributed by atoms with Gasteiger partial charge in [-0.1, -0.05) is 12.7 Å². The Labute approximate surface area is 150 Å². The van der Waals surface area contributed by atoms with E-state index in [2.05, 4.69) is 22.5 Å². The van der Waals surface area contributed by atoms with E-state index in [1.54, 1.807) is 31.4 Å². The van der Waals surface area contributed by atoms with Crippen LogP contribution in [0.25, 0.3) is 16.5 Å². The molecule has 1 aromatic carbocycles. The molecule has 0 aliphatic heterocycles. The van der Waals surface area contributed by atoms with Crippen LogP contribution in [0.4, 0.5) is 0 Å². The van der Waals surface area contributed by atoms with Crippen molar-refractivity contribution in [3.05, 3.63) is 39.7 Å². The zero-order valence-electron chi connectivity index (χ0n) is 12.5. The predicted molar refractivity (Wildman–Crippen MR) is 94.2 cm³/mol. The van der Waals surface area contributed by atoms with Gasteiger partial charge in [-0.2, -0.15) is 0 Å². The van der Waals surface area contributed by atoms with Crippen LogP contribution >= 0.6 is 27.3 Å². The van der Waals surface area contributed by atoms with E-state index in [9.17, 15) is 14.7 Å². The van der Waals surface area contributed by atoms with Gasteiger partial charge in [-0.3, -0.25) is 0 Å². The molecule has 0 fully saturated rings. The highest BCUT2D eigenvalue weighted by Crippen LogP contribution is 2.46. The Balaban J connectivity index is 2.55. The standard InChI is InChI=1S/C16H13BrO6S/c1-3-8-6-9(4-5-10(8)22-2)14-12(17)13(23-7-11(18)19)15(24-14)16(20)21/h3-6H,1,7H2,2H3,(H,18,19)(H,20,21). The number of thiophene rings is 1. The molecule has 0 unspecified atom stereocenters. The normalized spacial score (nSPS) is 10.2. The second kappa shape index (κ2) is 7.50. The van der Waals surface area contributed by atoms with Crippen molar-refractivity contribution in [2.24, 2.45) is 0 Å². The van der Waals surface area contributed by atoms with Gasteiger partial charge in [-0.05, 0) is 39.7 Å². The highest BCUT2D eigenvalue weighted by Gasteiger charge is 2.24. The number of aromatic carboxylic acids is 1. The van der Waals surface area contributed by atoms with Gasteiger partial charge in [0.15, 0.2) is 17.2 Å². The van der Waals surface area contributed by atoms with Gasteiger partial charge in [0.25, 0.3) is 0 Å². The lowest BCUT2D eigenvalue weighted by Gasteiger charge is -2.07. The molecule has 126 valence electrons. The molecular formula is C16H13BrO6S. The Bertz CT molecular complexity index is 811. The van der Waals surface area contributed by atoms with Gasteiger partial charge in [-0.15, -0.1) is 11.3 Å². The number of rotatable bonds is 7. The summed E-state index contributed by atoms with van der Waals surface area (Å²) in [5.41, 5.74) is 1.48. The maximum atomic E-state index is 11.4. The van der Waals surface area contributed by atoms with Crippen molar-refractivity contribution in [1.29, 1.82) is 0 Å². The Morgan fingerprint density at radius 2 is 2.08 bits per heavy atom. The molecule has 6 nitrogen and oxygen atoms in total. The molecule has 0 saturated carbocycles. The Morgan fingerprint density at radius 3 is 2.62 bits per heavy atom. The highest BCUT2D eigenvalue weighted by atomic mass is 79.9. The number of aliphatic carboxylic acids is 1. The number of carbonyl (C=O) groups is 2. The van der Waals surface area contributed by atoms with Crippen molar-refractivity contribution in [3.8, 4) is 21.9 Å². The third-order valence-corrected chi connectivity index (χ3v) is 5.28. The number of carboxylic acids is 2. The molecule has 0 amide bonds. The van der Waals surface area contributed by atoms with Crippen LogP contribution < -0.4 is 9.47 Å². The summed E-state index contributed by atoms with van der Waals surface area (Å²) in [7, 11) is 1.55. The summed E-state index contributed by atoms with van der Waals surface area (Å²) in [6, 6.07) is 5.32. The van der Waals surface area contributed by atoms with Crippen LogP contribution in [-0.2, 0) is 4.79 Å². The molecule has 0 bridgehead atoms. The van der Waals surface area contributed by atoms with Crippen LogP contribution in [0.2, 0.25) is 0 Å². The minimum absolute atomic E-state index is 0.000807. The average Bonchev–Trinajstić information content (AvgIpc) is 2.89. The van der Waals surface area contributed by atoms with Crippen molar-refractivity contribution in [2.45, 2.75) is 0 Å². The number of carboxylic acid groups (broad SMARTS) is 2. The first kappa shape index (κ1) is 18.0. The molecule has 1 aromatic heterocycles. The molecule has 0 saturated heterocycles. The summed E-state index contributed by atoms with van der Waals surface area (Å²) in [6.07, 6.45) is 1.63. The van der Waals surface area contributed by atoms with E-state index < -0.39 is 18.5 Å². The summed E-state index contributed by atoms with van der Waals surface area (Å²) in [5, 5.41) is 18.1. The smallest absolute Gasteiger partial charge is 0.349 e. The summed E-state index contributed by atoms with van der Waals surface area (Å²) in [4.78, 5) is 22.6. The maximum absolute atomic E-state index is 11.4. The number of benzene rings is 1. The molecule has 8 heteroatoms. The van der Waals surface area contributed by atoms with E-state index in [1.165, 1.54) is 0 Å². The Morgan fingerprint density at radius 1 is 1.38 bits per heavy atom. The van der Waals surface area contributed by atoms with E-state index in [0.717, 1.165) is 22.5 Å². The Kier molecular flexibility index (Phi) is 5.63. The van der Waals surface area contributed by atoms with Crippen molar-refractivity contribution in [2.75, 3.05) is 13.7 Å². The molecule has 0 aliphatic carbocycles. The second-order valence-corrected chi connectivity index (χ2v) is 6.37. The topological polar surface area (TPSA) is 93.1 Å². The minimum Gasteiger partial charge on any atom is -0.496 e. The van der Waals surface area contributed by atoms with Crippen molar-refractivity contribution in [1.82, 2.24) is 0 Å². The van der Waals surface area contributed by atoms with E-state index in [-0.39, 0.29) is 10.6 Å². The summed E-state index contributed by atoms with van der Waals surface area (Å²) < 4.78 is 10.8. The second-order valence-electron chi connectivity index (χ2n) is 4.55. The fourth-order valence-corrected chi connectivity index (χ4v) is 3.91. The third-order valence-electron chi connectivity index (χ3n) is 3.06. The summed E-state index contributed by atoms with van der Waals surface area (Å²) in [6.45, 7) is 3.09. The van der Waals surface area contributed by atoms with Crippen LogP contribution in [-0.4, -0.2) is 35.9 Å². The van der Waals surface area contributed by atoms with Crippen LogP contribution in [0.3, 0.4) is 0 Å². The highest BCUT2D eigenvalue weighted by molar-refractivity contribution is 9.10. The van der Waals surface area contributed by atoms with Crippen molar-refractivity contribution in [3.63, 3.8) is 0 Å². The van der Waals surface area contributed by atoms with Crippen LogP contribution in [0.15, 0.2) is 29.3 Å². The number of halogens is 1. The van der Waals surface area contributed by atoms with Gasteiger partial charge in [0.2, 0.25) is 0 Å². The maximum Gasteiger partial charge on any atom is 0.349 e. The van der Waals surface area contributed by atoms with E-state index >= 15 is 0 Å². The average molecular weight is 413 g/mol.